The van der Waals surface area contributed by atoms with Crippen molar-refractivity contribution in [3.63, 3.8) is 0 Å². The number of hydrogen-bond donors (Lipinski definition) is 2. The molecule has 32 heavy (non-hydrogen) atoms. The summed E-state index contributed by atoms with van der Waals surface area (Å²) in [4.78, 5) is 12.2. The first-order valence-corrected chi connectivity index (χ1v) is 10.4. The van der Waals surface area contributed by atoms with Crippen molar-refractivity contribution in [2.45, 2.75) is 26.0 Å². The van der Waals surface area contributed by atoms with Gasteiger partial charge < -0.3 is 23.9 Å². The van der Waals surface area contributed by atoms with Gasteiger partial charge in [0.05, 0.1) is 32.2 Å². The van der Waals surface area contributed by atoms with Crippen LogP contribution in [-0.4, -0.2) is 21.9 Å². The van der Waals surface area contributed by atoms with E-state index in [0.29, 0.717) is 36.5 Å². The number of aliphatic hydroxyl groups is 1. The van der Waals surface area contributed by atoms with Crippen molar-refractivity contribution in [3.8, 4) is 22.6 Å². The Hall–Kier alpha value is -3.77. The Kier molecular flexibility index (Phi) is 6.42. The van der Waals surface area contributed by atoms with Crippen LogP contribution in [0.4, 0.5) is 0 Å². The van der Waals surface area contributed by atoms with Crippen LogP contribution in [0.25, 0.3) is 11.1 Å². The first-order chi connectivity index (χ1) is 15.6. The summed E-state index contributed by atoms with van der Waals surface area (Å²) in [5.41, 5.74) is 3.70. The van der Waals surface area contributed by atoms with Gasteiger partial charge in [0.2, 0.25) is 5.43 Å². The molecule has 0 aliphatic carbocycles. The molecule has 0 atom stereocenters. The topological polar surface area (TPSA) is 84.8 Å². The summed E-state index contributed by atoms with van der Waals surface area (Å²) in [6.07, 6.45) is 2.64. The molecule has 2 aromatic heterocycles. The third-order valence-electron chi connectivity index (χ3n) is 5.56. The van der Waals surface area contributed by atoms with Crippen LogP contribution >= 0.6 is 0 Å². The number of aromatic nitrogens is 1. The Bertz CT molecular complexity index is 1220. The summed E-state index contributed by atoms with van der Waals surface area (Å²) in [6, 6.07) is 20.9. The molecule has 6 nitrogen and oxygen atoms in total. The van der Waals surface area contributed by atoms with Crippen molar-refractivity contribution in [2.24, 2.45) is 0 Å². The average molecular weight is 431 g/mol. The normalized spacial score (nSPS) is 10.9. The smallest absolute Gasteiger partial charge is 0.223 e. The Morgan fingerprint density at radius 1 is 0.969 bits per heavy atom. The number of benzene rings is 2. The molecule has 0 unspecified atom stereocenters. The quantitative estimate of drug-likeness (QED) is 0.438. The molecular formula is C26H25NO5. The van der Waals surface area contributed by atoms with Gasteiger partial charge in [-0.3, -0.25) is 4.79 Å². The van der Waals surface area contributed by atoms with Crippen molar-refractivity contribution in [2.75, 3.05) is 7.11 Å². The summed E-state index contributed by atoms with van der Waals surface area (Å²) in [5.74, 6) is 1.20. The molecule has 4 rings (SSSR count). The molecule has 2 heterocycles. The standard InChI is InChI=1S/C26H25NO5/c1-31-22-11-9-20(10-12-22)19-7-4-18(5-8-19)6-13-24-26(30)25(29)15-21(17-28)27(24)16-23-3-2-14-32-23/h2-5,7-12,14-15,28,30H,6,13,16-17H2,1H3. The molecule has 0 bridgehead atoms. The zero-order chi connectivity index (χ0) is 22.5. The second-order valence-electron chi connectivity index (χ2n) is 7.54. The van der Waals surface area contributed by atoms with Crippen LogP contribution in [0.1, 0.15) is 22.7 Å². The predicted molar refractivity (Wildman–Crippen MR) is 122 cm³/mol. The Morgan fingerprint density at radius 3 is 2.25 bits per heavy atom. The van der Waals surface area contributed by atoms with Crippen molar-refractivity contribution in [3.05, 3.63) is 106 Å². The van der Waals surface area contributed by atoms with Gasteiger partial charge in [0.15, 0.2) is 5.75 Å². The molecule has 2 N–H and O–H groups in total. The Balaban J connectivity index is 1.56. The lowest BCUT2D eigenvalue weighted by atomic mass is 10.0. The highest BCUT2D eigenvalue weighted by Gasteiger charge is 2.16. The van der Waals surface area contributed by atoms with E-state index in [1.165, 1.54) is 6.07 Å². The van der Waals surface area contributed by atoms with E-state index in [2.05, 4.69) is 12.1 Å². The zero-order valence-corrected chi connectivity index (χ0v) is 17.8. The largest absolute Gasteiger partial charge is 0.503 e. The Morgan fingerprint density at radius 2 is 1.66 bits per heavy atom. The van der Waals surface area contributed by atoms with Crippen molar-refractivity contribution in [1.29, 1.82) is 0 Å². The second-order valence-corrected chi connectivity index (χ2v) is 7.54. The van der Waals surface area contributed by atoms with E-state index >= 15 is 0 Å². The van der Waals surface area contributed by atoms with Crippen LogP contribution in [0.5, 0.6) is 11.5 Å². The fraction of sp³-hybridized carbons (Fsp3) is 0.192. The maximum Gasteiger partial charge on any atom is 0.223 e. The van der Waals surface area contributed by atoms with Gasteiger partial charge in [0.25, 0.3) is 0 Å². The number of ether oxygens (including phenoxy) is 1. The summed E-state index contributed by atoms with van der Waals surface area (Å²) in [6.45, 7) is 0.0161. The van der Waals surface area contributed by atoms with Gasteiger partial charge >= 0.3 is 0 Å². The molecule has 0 amide bonds. The van der Waals surface area contributed by atoms with Gasteiger partial charge in [-0.25, -0.2) is 0 Å². The SMILES string of the molecule is COc1ccc(-c2ccc(CCc3c(O)c(=O)cc(CO)n3Cc3ccco3)cc2)cc1. The number of nitrogens with zero attached hydrogens (tertiary/aromatic N) is 1. The molecule has 0 radical (unpaired) electrons. The third-order valence-corrected chi connectivity index (χ3v) is 5.56. The fourth-order valence-corrected chi connectivity index (χ4v) is 3.79. The van der Waals surface area contributed by atoms with Gasteiger partial charge in [-0.15, -0.1) is 0 Å². The minimum atomic E-state index is -0.491. The molecule has 6 heteroatoms. The first kappa shape index (κ1) is 21.5. The van der Waals surface area contributed by atoms with E-state index in [9.17, 15) is 15.0 Å². The average Bonchev–Trinajstić information content (AvgIpc) is 3.35. The van der Waals surface area contributed by atoms with E-state index in [4.69, 9.17) is 9.15 Å². The Labute approximate surface area is 186 Å². The lowest BCUT2D eigenvalue weighted by Gasteiger charge is -2.18. The highest BCUT2D eigenvalue weighted by atomic mass is 16.5. The molecule has 164 valence electrons. The molecule has 4 aromatic rings. The minimum Gasteiger partial charge on any atom is -0.503 e. The number of aryl methyl sites for hydroxylation is 1. The fourth-order valence-electron chi connectivity index (χ4n) is 3.79. The highest BCUT2D eigenvalue weighted by molar-refractivity contribution is 5.64. The van der Waals surface area contributed by atoms with Crippen molar-refractivity contribution < 1.29 is 19.4 Å². The number of rotatable bonds is 8. The van der Waals surface area contributed by atoms with Crippen molar-refractivity contribution in [1.82, 2.24) is 4.57 Å². The van der Waals surface area contributed by atoms with Gasteiger partial charge in [0, 0.05) is 11.8 Å². The highest BCUT2D eigenvalue weighted by Crippen LogP contribution is 2.24. The minimum absolute atomic E-state index is 0.288. The second kappa shape index (κ2) is 9.58. The first-order valence-electron chi connectivity index (χ1n) is 10.4. The maximum absolute atomic E-state index is 12.2. The number of aromatic hydroxyl groups is 1. The lowest BCUT2D eigenvalue weighted by molar-refractivity contribution is 0.267. The summed E-state index contributed by atoms with van der Waals surface area (Å²) in [7, 11) is 1.64. The summed E-state index contributed by atoms with van der Waals surface area (Å²) < 4.78 is 12.4. The zero-order valence-electron chi connectivity index (χ0n) is 17.8. The molecule has 0 spiro atoms. The van der Waals surface area contributed by atoms with E-state index < -0.39 is 5.43 Å². The summed E-state index contributed by atoms with van der Waals surface area (Å²) >= 11 is 0. The van der Waals surface area contributed by atoms with Gasteiger partial charge in [-0.1, -0.05) is 36.4 Å². The van der Waals surface area contributed by atoms with Gasteiger partial charge in [-0.05, 0) is 53.8 Å². The number of hydrogen-bond acceptors (Lipinski definition) is 5. The maximum atomic E-state index is 12.2. The van der Waals surface area contributed by atoms with Crippen LogP contribution in [0.15, 0.2) is 82.2 Å². The van der Waals surface area contributed by atoms with Crippen LogP contribution in [0.3, 0.4) is 0 Å². The lowest BCUT2D eigenvalue weighted by Crippen LogP contribution is -2.19. The van der Waals surface area contributed by atoms with E-state index in [-0.39, 0.29) is 12.4 Å². The monoisotopic (exact) mass is 431 g/mol. The number of methoxy groups -OCH3 is 1. The van der Waals surface area contributed by atoms with Crippen LogP contribution in [0, 0.1) is 0 Å². The van der Waals surface area contributed by atoms with Crippen LogP contribution in [0.2, 0.25) is 0 Å². The van der Waals surface area contributed by atoms with E-state index in [1.54, 1.807) is 24.0 Å². The van der Waals surface area contributed by atoms with Crippen molar-refractivity contribution >= 4 is 0 Å². The van der Waals surface area contributed by atoms with Crippen LogP contribution < -0.4 is 10.2 Å². The van der Waals surface area contributed by atoms with Gasteiger partial charge in [-0.2, -0.15) is 0 Å². The molecule has 0 saturated carbocycles. The molecule has 0 saturated heterocycles. The third kappa shape index (κ3) is 4.60. The molecular weight excluding hydrogens is 406 g/mol. The number of furan rings is 1. The molecule has 0 aliphatic rings. The molecule has 0 fully saturated rings. The number of aliphatic hydroxyl groups excluding tert-OH is 1. The number of pyridine rings is 1. The van der Waals surface area contributed by atoms with Crippen LogP contribution in [-0.2, 0) is 26.0 Å². The summed E-state index contributed by atoms with van der Waals surface area (Å²) in [5, 5.41) is 20.2. The predicted octanol–water partition coefficient (Wildman–Crippen LogP) is 4.15. The molecule has 0 aliphatic heterocycles. The van der Waals surface area contributed by atoms with E-state index in [0.717, 1.165) is 22.4 Å². The van der Waals surface area contributed by atoms with E-state index in [1.807, 2.05) is 42.5 Å². The molecule has 2 aromatic carbocycles. The van der Waals surface area contributed by atoms with Gasteiger partial charge in [0.1, 0.15) is 11.5 Å².